The number of nitrogens with one attached hydrogen (secondary N) is 2. The molecule has 1 heterocycles. The summed E-state index contributed by atoms with van der Waals surface area (Å²) in [6, 6.07) is 9.21. The van der Waals surface area contributed by atoms with E-state index in [1.807, 2.05) is 12.1 Å². The smallest absolute Gasteiger partial charge is 0.226 e. The lowest BCUT2D eigenvalue weighted by Crippen LogP contribution is -2.45. The van der Waals surface area contributed by atoms with E-state index < -0.39 is 0 Å². The Hall–Kier alpha value is -2.34. The summed E-state index contributed by atoms with van der Waals surface area (Å²) in [5.74, 6) is 1.40. The van der Waals surface area contributed by atoms with Crippen molar-refractivity contribution in [1.29, 1.82) is 0 Å². The van der Waals surface area contributed by atoms with Gasteiger partial charge < -0.3 is 15.1 Å². The topological polar surface area (TPSA) is 65.7 Å². The molecule has 0 fully saturated rings. The largest absolute Gasteiger partial charge is 0.444 e. The normalized spacial score (nSPS) is 12.3. The first kappa shape index (κ1) is 21.0. The summed E-state index contributed by atoms with van der Waals surface area (Å²) >= 11 is 0. The molecule has 0 saturated heterocycles. The molecule has 0 bridgehead atoms. The van der Waals surface area contributed by atoms with Gasteiger partial charge in [-0.1, -0.05) is 17.7 Å². The van der Waals surface area contributed by atoms with E-state index in [0.29, 0.717) is 24.5 Å². The zero-order valence-corrected chi connectivity index (χ0v) is 17.4. The van der Waals surface area contributed by atoms with Gasteiger partial charge in [-0.05, 0) is 46.8 Å². The number of benzene rings is 1. The molecular weight excluding hydrogens is 338 g/mol. The van der Waals surface area contributed by atoms with Crippen LogP contribution in [0.15, 0.2) is 39.9 Å². The number of aliphatic imine (C=N–C) groups is 1. The van der Waals surface area contributed by atoms with Crippen LogP contribution >= 0.6 is 0 Å². The molecule has 0 amide bonds. The van der Waals surface area contributed by atoms with Gasteiger partial charge in [0.2, 0.25) is 5.89 Å². The highest BCUT2D eigenvalue weighted by atomic mass is 16.3. The molecule has 1 aromatic heterocycles. The number of hydrogen-bond acceptors (Lipinski definition) is 4. The van der Waals surface area contributed by atoms with Crippen LogP contribution in [0.3, 0.4) is 0 Å². The molecule has 0 unspecified atom stereocenters. The van der Waals surface area contributed by atoms with Crippen molar-refractivity contribution in [2.75, 3.05) is 20.1 Å². The lowest BCUT2D eigenvalue weighted by molar-refractivity contribution is 0.178. The summed E-state index contributed by atoms with van der Waals surface area (Å²) in [6.07, 6.45) is 1.69. The summed E-state index contributed by atoms with van der Waals surface area (Å²) in [6.45, 7) is 13.3. The second-order valence-electron chi connectivity index (χ2n) is 7.29. The highest BCUT2D eigenvalue weighted by Crippen LogP contribution is 2.18. The Morgan fingerprint density at radius 3 is 2.37 bits per heavy atom. The molecule has 2 rings (SSSR count). The van der Waals surface area contributed by atoms with E-state index in [-0.39, 0.29) is 0 Å². The Balaban J connectivity index is 1.83. The van der Waals surface area contributed by atoms with Crippen LogP contribution in [-0.4, -0.2) is 48.1 Å². The maximum atomic E-state index is 5.60. The monoisotopic (exact) mass is 371 g/mol. The van der Waals surface area contributed by atoms with Gasteiger partial charge in [-0.2, -0.15) is 0 Å². The van der Waals surface area contributed by atoms with Crippen LogP contribution in [0.25, 0.3) is 11.5 Å². The Bertz CT molecular complexity index is 710. The minimum absolute atomic E-state index is 0.525. The van der Waals surface area contributed by atoms with Crippen LogP contribution in [0.2, 0.25) is 0 Å². The number of nitrogens with zero attached hydrogens (tertiary/aromatic N) is 3. The molecule has 6 nitrogen and oxygen atoms in total. The highest BCUT2D eigenvalue weighted by molar-refractivity contribution is 5.79. The van der Waals surface area contributed by atoms with E-state index in [2.05, 4.69) is 72.3 Å². The predicted molar refractivity (Wildman–Crippen MR) is 112 cm³/mol. The first-order chi connectivity index (χ1) is 12.9. The lowest BCUT2D eigenvalue weighted by Gasteiger charge is -2.30. The van der Waals surface area contributed by atoms with E-state index in [0.717, 1.165) is 30.3 Å². The van der Waals surface area contributed by atoms with Gasteiger partial charge in [0.05, 0.1) is 12.2 Å². The third-order valence-corrected chi connectivity index (χ3v) is 4.50. The Labute approximate surface area is 163 Å². The second-order valence-corrected chi connectivity index (χ2v) is 7.29. The van der Waals surface area contributed by atoms with Crippen LogP contribution in [0, 0.1) is 6.92 Å². The van der Waals surface area contributed by atoms with Crippen molar-refractivity contribution in [2.45, 2.75) is 53.2 Å². The fraction of sp³-hybridized carbons (Fsp3) is 0.524. The predicted octanol–water partition coefficient (Wildman–Crippen LogP) is 3.43. The molecule has 0 spiro atoms. The van der Waals surface area contributed by atoms with Gasteiger partial charge in [0, 0.05) is 37.8 Å². The van der Waals surface area contributed by atoms with E-state index in [4.69, 9.17) is 4.42 Å². The second kappa shape index (κ2) is 10.1. The minimum atomic E-state index is 0.525. The molecule has 27 heavy (non-hydrogen) atoms. The number of aromatic nitrogens is 1. The molecule has 0 aliphatic rings. The average Bonchev–Trinajstić information content (AvgIpc) is 3.10. The van der Waals surface area contributed by atoms with E-state index in [1.54, 1.807) is 13.3 Å². The fourth-order valence-electron chi connectivity index (χ4n) is 3.03. The van der Waals surface area contributed by atoms with Crippen molar-refractivity contribution in [3.05, 3.63) is 41.8 Å². The van der Waals surface area contributed by atoms with Gasteiger partial charge in [0.1, 0.15) is 6.26 Å². The van der Waals surface area contributed by atoms with E-state index >= 15 is 0 Å². The van der Waals surface area contributed by atoms with Crippen molar-refractivity contribution in [1.82, 2.24) is 20.5 Å². The van der Waals surface area contributed by atoms with E-state index in [1.165, 1.54) is 5.56 Å². The van der Waals surface area contributed by atoms with Gasteiger partial charge in [0.15, 0.2) is 5.96 Å². The summed E-state index contributed by atoms with van der Waals surface area (Å²) < 4.78 is 5.60. The van der Waals surface area contributed by atoms with Crippen LogP contribution < -0.4 is 10.6 Å². The standard InChI is InChI=1S/C21H33N5O/c1-15(2)26(16(3)4)12-11-23-21(22-6)24-13-19-14-27-20(25-19)18-9-7-17(5)8-10-18/h7-10,14-16H,11-13H2,1-6H3,(H2,22,23,24). The number of hydrogen-bond donors (Lipinski definition) is 2. The Kier molecular flexibility index (Phi) is 7.85. The van der Waals surface area contributed by atoms with E-state index in [9.17, 15) is 0 Å². The first-order valence-electron chi connectivity index (χ1n) is 9.62. The van der Waals surface area contributed by atoms with Gasteiger partial charge in [-0.25, -0.2) is 4.98 Å². The Morgan fingerprint density at radius 1 is 1.11 bits per heavy atom. The van der Waals surface area contributed by atoms with Crippen LogP contribution in [-0.2, 0) is 6.54 Å². The van der Waals surface area contributed by atoms with Gasteiger partial charge >= 0.3 is 0 Å². The van der Waals surface area contributed by atoms with Crippen molar-refractivity contribution in [2.24, 2.45) is 4.99 Å². The molecule has 1 aromatic carbocycles. The molecule has 0 aliphatic carbocycles. The summed E-state index contributed by atoms with van der Waals surface area (Å²) in [4.78, 5) is 11.3. The van der Waals surface area contributed by atoms with Gasteiger partial charge in [0.25, 0.3) is 0 Å². The average molecular weight is 372 g/mol. The number of aryl methyl sites for hydroxylation is 1. The molecule has 0 atom stereocenters. The zero-order valence-electron chi connectivity index (χ0n) is 17.4. The fourth-order valence-corrected chi connectivity index (χ4v) is 3.03. The molecule has 0 aliphatic heterocycles. The summed E-state index contributed by atoms with van der Waals surface area (Å²) in [5.41, 5.74) is 3.05. The van der Waals surface area contributed by atoms with Crippen LogP contribution in [0.1, 0.15) is 39.0 Å². The van der Waals surface area contributed by atoms with Crippen molar-refractivity contribution < 1.29 is 4.42 Å². The van der Waals surface area contributed by atoms with Gasteiger partial charge in [-0.3, -0.25) is 9.89 Å². The van der Waals surface area contributed by atoms with Crippen LogP contribution in [0.5, 0.6) is 0 Å². The molecule has 0 radical (unpaired) electrons. The first-order valence-corrected chi connectivity index (χ1v) is 9.62. The molecule has 2 aromatic rings. The van der Waals surface area contributed by atoms with Crippen LogP contribution in [0.4, 0.5) is 0 Å². The molecule has 0 saturated carbocycles. The van der Waals surface area contributed by atoms with Crippen molar-refractivity contribution in [3.8, 4) is 11.5 Å². The lowest BCUT2D eigenvalue weighted by atomic mass is 10.1. The zero-order chi connectivity index (χ0) is 19.8. The van der Waals surface area contributed by atoms with Crippen molar-refractivity contribution >= 4 is 5.96 Å². The number of guanidine groups is 1. The molecule has 148 valence electrons. The third-order valence-electron chi connectivity index (χ3n) is 4.50. The molecular formula is C21H33N5O. The number of oxazole rings is 1. The maximum absolute atomic E-state index is 5.60. The Morgan fingerprint density at radius 2 is 1.78 bits per heavy atom. The molecule has 6 heteroatoms. The maximum Gasteiger partial charge on any atom is 0.226 e. The molecule has 2 N–H and O–H groups in total. The van der Waals surface area contributed by atoms with Crippen molar-refractivity contribution in [3.63, 3.8) is 0 Å². The highest BCUT2D eigenvalue weighted by Gasteiger charge is 2.13. The number of rotatable bonds is 8. The SMILES string of the molecule is CN=C(NCCN(C(C)C)C(C)C)NCc1coc(-c2ccc(C)cc2)n1. The minimum Gasteiger partial charge on any atom is -0.444 e. The van der Waals surface area contributed by atoms with Gasteiger partial charge in [-0.15, -0.1) is 0 Å². The summed E-state index contributed by atoms with van der Waals surface area (Å²) in [7, 11) is 1.78. The third kappa shape index (κ3) is 6.40. The summed E-state index contributed by atoms with van der Waals surface area (Å²) in [5, 5.41) is 6.65. The quantitative estimate of drug-likeness (QED) is 0.550.